The lowest BCUT2D eigenvalue weighted by molar-refractivity contribution is -0.0106. The molecule has 0 N–H and O–H groups in total. The van der Waals surface area contributed by atoms with Crippen LogP contribution in [0.2, 0.25) is 0 Å². The Bertz CT molecular complexity index is 1420. The second-order valence-corrected chi connectivity index (χ2v) is 13.5. The minimum absolute atomic E-state index is 0.0185. The first-order valence-electron chi connectivity index (χ1n) is 12.5. The number of alkyl halides is 1. The van der Waals surface area contributed by atoms with Gasteiger partial charge in [-0.1, -0.05) is 114 Å². The third kappa shape index (κ3) is 5.15. The van der Waals surface area contributed by atoms with E-state index in [-0.39, 0.29) is 34.9 Å². The van der Waals surface area contributed by atoms with Crippen LogP contribution in [0.1, 0.15) is 28.7 Å². The third-order valence-electron chi connectivity index (χ3n) is 7.17. The van der Waals surface area contributed by atoms with Gasteiger partial charge in [0.05, 0.1) is 13.2 Å². The number of ether oxygens (including phenoxy) is 2. The number of rotatable bonds is 9. The van der Waals surface area contributed by atoms with Crippen molar-refractivity contribution in [2.75, 3.05) is 17.0 Å². The topological polar surface area (TPSA) is 52.6 Å². The van der Waals surface area contributed by atoms with Gasteiger partial charge in [0.2, 0.25) is 0 Å². The van der Waals surface area contributed by atoms with E-state index in [0.717, 1.165) is 22.8 Å². The molecule has 0 spiro atoms. The molecule has 1 saturated heterocycles. The molecule has 202 valence electrons. The highest BCUT2D eigenvalue weighted by molar-refractivity contribution is 14.1. The molecule has 4 aromatic rings. The molecule has 1 aliphatic rings. The van der Waals surface area contributed by atoms with Gasteiger partial charge >= 0.3 is 0 Å². The van der Waals surface area contributed by atoms with E-state index in [1.54, 1.807) is 22.6 Å². The highest BCUT2D eigenvalue weighted by Gasteiger charge is 2.53. The summed E-state index contributed by atoms with van der Waals surface area (Å²) in [5, 5.41) is 0. The molecule has 8 heteroatoms. The molecule has 39 heavy (non-hydrogen) atoms. The number of halogens is 3. The summed E-state index contributed by atoms with van der Waals surface area (Å²) in [4.78, 5) is -1.92. The van der Waals surface area contributed by atoms with Gasteiger partial charge in [0, 0.05) is 24.0 Å². The van der Waals surface area contributed by atoms with Crippen LogP contribution in [0.15, 0.2) is 109 Å². The largest absolute Gasteiger partial charge is 0.360 e. The van der Waals surface area contributed by atoms with Gasteiger partial charge in [-0.2, -0.15) is 0 Å². The fraction of sp³-hybridized carbons (Fsp3) is 0.226. The van der Waals surface area contributed by atoms with Gasteiger partial charge in [-0.15, -0.1) is 0 Å². The lowest BCUT2D eigenvalue weighted by Crippen LogP contribution is -2.38. The first-order chi connectivity index (χ1) is 18.8. The number of hydrogen-bond acceptors (Lipinski definition) is 4. The zero-order chi connectivity index (χ0) is 27.5. The van der Waals surface area contributed by atoms with E-state index in [9.17, 15) is 17.2 Å². The van der Waals surface area contributed by atoms with Crippen LogP contribution >= 0.6 is 22.6 Å². The Hall–Kier alpha value is -2.66. The molecule has 1 heterocycles. The molecule has 1 fully saturated rings. The molecular weight excluding hydrogens is 633 g/mol. The Morgan fingerprint density at radius 1 is 0.846 bits per heavy atom. The Morgan fingerprint density at radius 2 is 1.36 bits per heavy atom. The molecule has 0 saturated carbocycles. The average molecular weight is 661 g/mol. The Morgan fingerprint density at radius 3 is 1.82 bits per heavy atom. The number of benzene rings is 4. The summed E-state index contributed by atoms with van der Waals surface area (Å²) in [5.74, 6) is -2.10. The quantitative estimate of drug-likeness (QED) is 0.111. The van der Waals surface area contributed by atoms with Crippen LogP contribution in [0.4, 0.5) is 8.78 Å². The maximum atomic E-state index is 15.0. The van der Waals surface area contributed by atoms with Crippen LogP contribution in [0.25, 0.3) is 0 Å². The zero-order valence-corrected chi connectivity index (χ0v) is 23.9. The van der Waals surface area contributed by atoms with E-state index < -0.39 is 32.0 Å². The summed E-state index contributed by atoms with van der Waals surface area (Å²) in [7, 11) is -3.94. The van der Waals surface area contributed by atoms with Crippen LogP contribution in [0.5, 0.6) is 0 Å². The van der Waals surface area contributed by atoms with E-state index in [0.29, 0.717) is 6.07 Å². The van der Waals surface area contributed by atoms with Crippen molar-refractivity contribution in [3.05, 3.63) is 143 Å². The predicted molar refractivity (Wildman–Crippen MR) is 155 cm³/mol. The van der Waals surface area contributed by atoms with Gasteiger partial charge in [0.15, 0.2) is 14.8 Å². The van der Waals surface area contributed by atoms with Crippen molar-refractivity contribution in [1.82, 2.24) is 0 Å². The molecule has 2 atom stereocenters. The number of hydrogen-bond donors (Lipinski definition) is 0. The summed E-state index contributed by atoms with van der Waals surface area (Å²) in [6.07, 6.45) is -0.0185. The summed E-state index contributed by atoms with van der Waals surface area (Å²) in [6.45, 7) is 0.182. The minimum Gasteiger partial charge on any atom is -0.360 e. The number of sulfone groups is 1. The molecule has 0 aromatic heterocycles. The fourth-order valence-corrected chi connectivity index (χ4v) is 8.25. The summed E-state index contributed by atoms with van der Waals surface area (Å²) < 4.78 is 67.9. The molecule has 0 radical (unpaired) electrons. The molecular formula is C31H27F2IO4S. The van der Waals surface area contributed by atoms with Gasteiger partial charge in [-0.25, -0.2) is 17.2 Å². The van der Waals surface area contributed by atoms with Crippen molar-refractivity contribution >= 4 is 32.4 Å². The zero-order valence-electron chi connectivity index (χ0n) is 21.0. The van der Waals surface area contributed by atoms with E-state index in [1.807, 2.05) is 91.0 Å². The molecule has 4 aromatic carbocycles. The molecule has 0 aliphatic carbocycles. The average Bonchev–Trinajstić information content (AvgIpc) is 3.41. The van der Waals surface area contributed by atoms with Crippen molar-refractivity contribution in [3.63, 3.8) is 0 Å². The Labute approximate surface area is 241 Å². The third-order valence-corrected chi connectivity index (χ3v) is 11.4. The molecule has 0 unspecified atom stereocenters. The van der Waals surface area contributed by atoms with Crippen molar-refractivity contribution < 1.29 is 26.7 Å². The maximum Gasteiger partial charge on any atom is 0.198 e. The second kappa shape index (κ2) is 11.4. The summed E-state index contributed by atoms with van der Waals surface area (Å²) >= 11 is 1.74. The van der Waals surface area contributed by atoms with E-state index >= 15 is 0 Å². The van der Waals surface area contributed by atoms with Gasteiger partial charge in [0.1, 0.15) is 21.0 Å². The molecule has 5 rings (SSSR count). The predicted octanol–water partition coefficient (Wildman–Crippen LogP) is 6.97. The van der Waals surface area contributed by atoms with Crippen LogP contribution in [0.3, 0.4) is 0 Å². The van der Waals surface area contributed by atoms with Gasteiger partial charge in [-0.3, -0.25) is 0 Å². The Kier molecular flexibility index (Phi) is 8.19. The normalized spacial score (nSPS) is 19.7. The van der Waals surface area contributed by atoms with Crippen molar-refractivity contribution in [3.8, 4) is 0 Å². The first-order valence-corrected chi connectivity index (χ1v) is 15.7. The first kappa shape index (κ1) is 27.9. The lowest BCUT2D eigenvalue weighted by atomic mass is 9.80. The minimum atomic E-state index is -3.94. The maximum absolute atomic E-state index is 15.0. The Balaban J connectivity index is 1.55. The highest BCUT2D eigenvalue weighted by atomic mass is 127. The highest BCUT2D eigenvalue weighted by Crippen LogP contribution is 2.47. The van der Waals surface area contributed by atoms with Crippen molar-refractivity contribution in [1.29, 1.82) is 0 Å². The monoisotopic (exact) mass is 660 g/mol. The standard InChI is InChI=1S/C31H27F2IO4S/c32-27-16-17-28(29(33)18-27)30(39(35,36)22-34)19-23(20-37-30)21-38-31(24-10-4-1-5-11-24,25-12-6-2-7-13-25)26-14-8-3-9-15-26/h1-18,23H,19-22H2/t23-,30+/m0/s1. The summed E-state index contributed by atoms with van der Waals surface area (Å²) in [6, 6.07) is 32.5. The van der Waals surface area contributed by atoms with Gasteiger partial charge < -0.3 is 9.47 Å². The molecule has 1 aliphatic heterocycles. The van der Waals surface area contributed by atoms with E-state index in [2.05, 4.69) is 0 Å². The van der Waals surface area contributed by atoms with E-state index in [1.165, 1.54) is 6.07 Å². The van der Waals surface area contributed by atoms with E-state index in [4.69, 9.17) is 9.47 Å². The van der Waals surface area contributed by atoms with Gasteiger partial charge in [-0.05, 0) is 28.8 Å². The lowest BCUT2D eigenvalue weighted by Gasteiger charge is -2.37. The molecule has 4 nitrogen and oxygen atoms in total. The molecule has 0 amide bonds. The molecule has 0 bridgehead atoms. The SMILES string of the molecule is O=S(=O)(CI)[C@@]1(c2ccc(F)cc2F)C[C@H](COC(c2ccccc2)(c2ccccc2)c2ccccc2)CO1. The second-order valence-electron chi connectivity index (χ2n) is 9.57. The van der Waals surface area contributed by atoms with Crippen LogP contribution in [-0.2, 0) is 29.8 Å². The van der Waals surface area contributed by atoms with Crippen molar-refractivity contribution in [2.45, 2.75) is 17.0 Å². The summed E-state index contributed by atoms with van der Waals surface area (Å²) in [5.41, 5.74) is 1.58. The fourth-order valence-electron chi connectivity index (χ4n) is 5.33. The smallest absolute Gasteiger partial charge is 0.198 e. The van der Waals surface area contributed by atoms with Crippen LogP contribution < -0.4 is 0 Å². The van der Waals surface area contributed by atoms with Crippen LogP contribution in [-0.4, -0.2) is 25.4 Å². The van der Waals surface area contributed by atoms with Crippen molar-refractivity contribution in [2.24, 2.45) is 5.92 Å². The van der Waals surface area contributed by atoms with Crippen LogP contribution in [0, 0.1) is 17.6 Å². The van der Waals surface area contributed by atoms with Gasteiger partial charge in [0.25, 0.3) is 0 Å².